The lowest BCUT2D eigenvalue weighted by molar-refractivity contribution is -0.144. The summed E-state index contributed by atoms with van der Waals surface area (Å²) in [4.78, 5) is 25.7. The fraction of sp³-hybridized carbons (Fsp3) is 0.600. The second-order valence-electron chi connectivity index (χ2n) is 5.78. The van der Waals surface area contributed by atoms with Gasteiger partial charge in [-0.3, -0.25) is 9.59 Å². The molecule has 1 rings (SSSR count). The summed E-state index contributed by atoms with van der Waals surface area (Å²) in [6.07, 6.45) is 1.81. The predicted octanol–water partition coefficient (Wildman–Crippen LogP) is 2.84. The van der Waals surface area contributed by atoms with Crippen LogP contribution in [0.1, 0.15) is 39.2 Å². The van der Waals surface area contributed by atoms with E-state index < -0.39 is 0 Å². The second kappa shape index (κ2) is 13.2. The van der Waals surface area contributed by atoms with Gasteiger partial charge in [-0.1, -0.05) is 19.1 Å². The van der Waals surface area contributed by atoms with Crippen LogP contribution in [0.25, 0.3) is 0 Å². The molecule has 0 radical (unpaired) electrons. The highest BCUT2D eigenvalue weighted by Gasteiger charge is 2.16. The maximum atomic E-state index is 12.5. The molecule has 6 heteroatoms. The lowest BCUT2D eigenvalue weighted by atomic mass is 10.2. The first kappa shape index (κ1) is 22.0. The molecule has 1 amide bonds. The van der Waals surface area contributed by atoms with Crippen LogP contribution in [0.4, 0.5) is 0 Å². The Kier molecular flexibility index (Phi) is 11.1. The van der Waals surface area contributed by atoms with E-state index in [0.717, 1.165) is 12.0 Å². The largest absolute Gasteiger partial charge is 0.484 e. The number of ether oxygens (including phenoxy) is 3. The molecule has 1 aromatic rings. The molecule has 0 fully saturated rings. The van der Waals surface area contributed by atoms with Crippen molar-refractivity contribution in [3.8, 4) is 5.75 Å². The van der Waals surface area contributed by atoms with Gasteiger partial charge in [-0.05, 0) is 44.4 Å². The highest BCUT2D eigenvalue weighted by molar-refractivity contribution is 5.78. The molecule has 0 saturated heterocycles. The third-order valence-electron chi connectivity index (χ3n) is 3.83. The molecule has 0 saturated carbocycles. The molecule has 0 bridgehead atoms. The second-order valence-corrected chi connectivity index (χ2v) is 5.78. The van der Waals surface area contributed by atoms with Crippen LogP contribution in [0.15, 0.2) is 24.3 Å². The number of aryl methyl sites for hydroxylation is 1. The third kappa shape index (κ3) is 8.85. The minimum atomic E-state index is -0.299. The summed E-state index contributed by atoms with van der Waals surface area (Å²) < 4.78 is 15.9. The topological polar surface area (TPSA) is 65.1 Å². The first-order valence-corrected chi connectivity index (χ1v) is 9.33. The van der Waals surface area contributed by atoms with E-state index in [0.29, 0.717) is 45.1 Å². The van der Waals surface area contributed by atoms with Gasteiger partial charge in [0.05, 0.1) is 13.0 Å². The smallest absolute Gasteiger partial charge is 0.307 e. The zero-order valence-corrected chi connectivity index (χ0v) is 16.2. The number of amides is 1. The quantitative estimate of drug-likeness (QED) is 0.397. The summed E-state index contributed by atoms with van der Waals surface area (Å²) in [7, 11) is 0. The lowest BCUT2D eigenvalue weighted by Crippen LogP contribution is -2.37. The minimum Gasteiger partial charge on any atom is -0.484 e. The highest BCUT2D eigenvalue weighted by Crippen LogP contribution is 2.14. The van der Waals surface area contributed by atoms with E-state index >= 15 is 0 Å². The maximum Gasteiger partial charge on any atom is 0.307 e. The van der Waals surface area contributed by atoms with Crippen LogP contribution in [-0.2, 0) is 25.5 Å². The Balaban J connectivity index is 2.55. The van der Waals surface area contributed by atoms with Gasteiger partial charge in [0.1, 0.15) is 5.75 Å². The van der Waals surface area contributed by atoms with Crippen molar-refractivity contribution in [1.82, 2.24) is 4.90 Å². The van der Waals surface area contributed by atoms with E-state index in [9.17, 15) is 9.59 Å². The molecule has 0 aliphatic rings. The molecule has 26 heavy (non-hydrogen) atoms. The average Bonchev–Trinajstić information content (AvgIpc) is 2.66. The monoisotopic (exact) mass is 365 g/mol. The van der Waals surface area contributed by atoms with E-state index in [2.05, 4.69) is 6.92 Å². The standard InChI is InChI=1S/C20H31NO5/c1-4-17-9-7-10-18(15-17)26-16-19(22)21(12-8-14-24-5-2)13-11-20(23)25-6-3/h7,9-10,15H,4-6,8,11-14,16H2,1-3H3. The maximum absolute atomic E-state index is 12.5. The molecule has 0 aliphatic carbocycles. The Hall–Kier alpha value is -2.08. The zero-order chi connectivity index (χ0) is 19.2. The van der Waals surface area contributed by atoms with Crippen molar-refractivity contribution >= 4 is 11.9 Å². The van der Waals surface area contributed by atoms with Crippen molar-refractivity contribution in [2.75, 3.05) is 39.5 Å². The summed E-state index contributed by atoms with van der Waals surface area (Å²) in [5, 5.41) is 0. The van der Waals surface area contributed by atoms with Crippen LogP contribution in [0.5, 0.6) is 5.75 Å². The molecule has 1 aromatic carbocycles. The highest BCUT2D eigenvalue weighted by atomic mass is 16.5. The van der Waals surface area contributed by atoms with Crippen LogP contribution < -0.4 is 4.74 Å². The van der Waals surface area contributed by atoms with Gasteiger partial charge in [0.15, 0.2) is 6.61 Å². The normalized spacial score (nSPS) is 10.4. The van der Waals surface area contributed by atoms with Gasteiger partial charge in [-0.15, -0.1) is 0 Å². The van der Waals surface area contributed by atoms with Gasteiger partial charge in [-0.25, -0.2) is 0 Å². The van der Waals surface area contributed by atoms with Gasteiger partial charge in [-0.2, -0.15) is 0 Å². The average molecular weight is 365 g/mol. The van der Waals surface area contributed by atoms with Gasteiger partial charge >= 0.3 is 5.97 Å². The molecule has 0 aromatic heterocycles. The molecular weight excluding hydrogens is 334 g/mol. The van der Waals surface area contributed by atoms with Crippen molar-refractivity contribution < 1.29 is 23.8 Å². The Morgan fingerprint density at radius 3 is 2.58 bits per heavy atom. The number of rotatable bonds is 13. The number of carbonyl (C=O) groups excluding carboxylic acids is 2. The predicted molar refractivity (Wildman–Crippen MR) is 100 cm³/mol. The first-order chi connectivity index (χ1) is 12.6. The van der Waals surface area contributed by atoms with Gasteiger partial charge < -0.3 is 19.1 Å². The number of esters is 1. The Morgan fingerprint density at radius 2 is 1.88 bits per heavy atom. The van der Waals surface area contributed by atoms with Crippen LogP contribution >= 0.6 is 0 Å². The van der Waals surface area contributed by atoms with Crippen LogP contribution in [0, 0.1) is 0 Å². The minimum absolute atomic E-state index is 0.0510. The number of carbonyl (C=O) groups is 2. The molecular formula is C20H31NO5. The third-order valence-corrected chi connectivity index (χ3v) is 3.83. The van der Waals surface area contributed by atoms with Gasteiger partial charge in [0, 0.05) is 26.3 Å². The number of hydrogen-bond acceptors (Lipinski definition) is 5. The molecule has 0 heterocycles. The molecule has 6 nitrogen and oxygen atoms in total. The van der Waals surface area contributed by atoms with Gasteiger partial charge in [0.2, 0.25) is 0 Å². The van der Waals surface area contributed by atoms with E-state index in [1.54, 1.807) is 11.8 Å². The Labute approximate surface area is 156 Å². The lowest BCUT2D eigenvalue weighted by Gasteiger charge is -2.22. The van der Waals surface area contributed by atoms with E-state index in [-0.39, 0.29) is 24.9 Å². The fourth-order valence-corrected chi connectivity index (χ4v) is 2.41. The van der Waals surface area contributed by atoms with Crippen LogP contribution in [-0.4, -0.2) is 56.3 Å². The number of benzene rings is 1. The van der Waals surface area contributed by atoms with Crippen molar-refractivity contribution in [2.45, 2.75) is 40.0 Å². The van der Waals surface area contributed by atoms with E-state index in [1.807, 2.05) is 31.2 Å². The van der Waals surface area contributed by atoms with E-state index in [4.69, 9.17) is 14.2 Å². The van der Waals surface area contributed by atoms with E-state index in [1.165, 1.54) is 0 Å². The van der Waals surface area contributed by atoms with Crippen LogP contribution in [0.3, 0.4) is 0 Å². The Morgan fingerprint density at radius 1 is 1.08 bits per heavy atom. The molecule has 0 aliphatic heterocycles. The molecule has 0 N–H and O–H groups in total. The molecule has 146 valence electrons. The summed E-state index contributed by atoms with van der Waals surface area (Å²) in [5.41, 5.74) is 1.16. The molecule has 0 spiro atoms. The van der Waals surface area contributed by atoms with Gasteiger partial charge in [0.25, 0.3) is 5.91 Å². The molecule has 0 unspecified atom stereocenters. The number of hydrogen-bond donors (Lipinski definition) is 0. The fourth-order valence-electron chi connectivity index (χ4n) is 2.41. The number of nitrogens with zero attached hydrogens (tertiary/aromatic N) is 1. The van der Waals surface area contributed by atoms with Crippen molar-refractivity contribution in [2.24, 2.45) is 0 Å². The van der Waals surface area contributed by atoms with Crippen LogP contribution in [0.2, 0.25) is 0 Å². The Bertz CT molecular complexity index is 547. The summed E-state index contributed by atoms with van der Waals surface area (Å²) in [6, 6.07) is 7.71. The van der Waals surface area contributed by atoms with Crippen molar-refractivity contribution in [3.63, 3.8) is 0 Å². The first-order valence-electron chi connectivity index (χ1n) is 9.33. The van der Waals surface area contributed by atoms with Crippen molar-refractivity contribution in [3.05, 3.63) is 29.8 Å². The molecule has 0 atom stereocenters. The SMILES string of the molecule is CCOCCCN(CCC(=O)OCC)C(=O)COc1cccc(CC)c1. The summed E-state index contributed by atoms with van der Waals surface area (Å²) >= 11 is 0. The summed E-state index contributed by atoms with van der Waals surface area (Å²) in [5.74, 6) is 0.233. The summed E-state index contributed by atoms with van der Waals surface area (Å²) in [6.45, 7) is 8.13. The van der Waals surface area contributed by atoms with Crippen molar-refractivity contribution in [1.29, 1.82) is 0 Å². The zero-order valence-electron chi connectivity index (χ0n) is 16.2.